The molecule has 0 aromatic heterocycles. The number of nitrogens with zero attached hydrogens (tertiary/aromatic N) is 1. The molecule has 1 heterocycles. The van der Waals surface area contributed by atoms with Gasteiger partial charge in [0.2, 0.25) is 0 Å². The van der Waals surface area contributed by atoms with Crippen LogP contribution in [0, 0.1) is 11.7 Å². The molecule has 0 radical (unpaired) electrons. The lowest BCUT2D eigenvalue weighted by Crippen LogP contribution is -2.45. The minimum absolute atomic E-state index is 0.169. The number of fused-ring (bicyclic) bond motifs is 2. The van der Waals surface area contributed by atoms with Crippen molar-refractivity contribution < 1.29 is 4.39 Å². The largest absolute Gasteiger partial charge is 0.364 e. The molecule has 1 aromatic rings. The van der Waals surface area contributed by atoms with E-state index in [0.29, 0.717) is 18.6 Å². The lowest BCUT2D eigenvalue weighted by atomic mass is 9.98. The molecular formula is C13H17FN2. The van der Waals surface area contributed by atoms with Gasteiger partial charge in [0, 0.05) is 24.3 Å². The van der Waals surface area contributed by atoms with Crippen LogP contribution >= 0.6 is 0 Å². The van der Waals surface area contributed by atoms with Gasteiger partial charge in [-0.05, 0) is 49.4 Å². The smallest absolute Gasteiger partial charge is 0.123 e. The number of halogens is 1. The zero-order chi connectivity index (χ0) is 11.1. The molecule has 3 atom stereocenters. The molecule has 0 spiro atoms. The molecule has 3 rings (SSSR count). The van der Waals surface area contributed by atoms with Gasteiger partial charge in [-0.1, -0.05) is 0 Å². The van der Waals surface area contributed by atoms with Gasteiger partial charge in [-0.15, -0.1) is 0 Å². The van der Waals surface area contributed by atoms with Crippen molar-refractivity contribution >= 4 is 5.69 Å². The van der Waals surface area contributed by atoms with Crippen molar-refractivity contribution in [1.29, 1.82) is 0 Å². The van der Waals surface area contributed by atoms with E-state index in [1.54, 1.807) is 0 Å². The highest BCUT2D eigenvalue weighted by atomic mass is 19.1. The Balaban J connectivity index is 1.91. The Kier molecular flexibility index (Phi) is 2.36. The molecule has 2 N–H and O–H groups in total. The fourth-order valence-electron chi connectivity index (χ4n) is 3.41. The SMILES string of the molecule is NCC1C2CCC(C2)N1c1ccc(F)cc1. The van der Waals surface area contributed by atoms with Crippen molar-refractivity contribution in [3.8, 4) is 0 Å². The highest BCUT2D eigenvalue weighted by Crippen LogP contribution is 2.44. The van der Waals surface area contributed by atoms with Crippen LogP contribution in [0.3, 0.4) is 0 Å². The first-order valence-corrected chi connectivity index (χ1v) is 6.03. The Bertz CT molecular complexity index is 376. The predicted molar refractivity (Wildman–Crippen MR) is 62.9 cm³/mol. The molecule has 3 heteroatoms. The molecule has 16 heavy (non-hydrogen) atoms. The maximum Gasteiger partial charge on any atom is 0.123 e. The summed E-state index contributed by atoms with van der Waals surface area (Å²) in [5.41, 5.74) is 6.99. The monoisotopic (exact) mass is 220 g/mol. The van der Waals surface area contributed by atoms with Crippen LogP contribution in [-0.2, 0) is 0 Å². The second-order valence-electron chi connectivity index (χ2n) is 4.91. The number of piperidine rings is 1. The first kappa shape index (κ1) is 10.1. The Labute approximate surface area is 95.2 Å². The molecule has 1 aromatic carbocycles. The van der Waals surface area contributed by atoms with Crippen LogP contribution in [0.25, 0.3) is 0 Å². The topological polar surface area (TPSA) is 29.3 Å². The summed E-state index contributed by atoms with van der Waals surface area (Å²) in [4.78, 5) is 2.41. The summed E-state index contributed by atoms with van der Waals surface area (Å²) >= 11 is 0. The molecule has 2 aliphatic rings. The molecule has 3 unspecified atom stereocenters. The predicted octanol–water partition coefficient (Wildman–Crippen LogP) is 2.14. The van der Waals surface area contributed by atoms with Crippen molar-refractivity contribution in [2.24, 2.45) is 11.7 Å². The Morgan fingerprint density at radius 3 is 2.69 bits per heavy atom. The van der Waals surface area contributed by atoms with E-state index < -0.39 is 0 Å². The highest BCUT2D eigenvalue weighted by Gasteiger charge is 2.44. The normalized spacial score (nSPS) is 32.4. The molecule has 1 saturated carbocycles. The van der Waals surface area contributed by atoms with E-state index >= 15 is 0 Å². The van der Waals surface area contributed by atoms with Crippen molar-refractivity contribution in [2.45, 2.75) is 31.3 Å². The molecule has 1 saturated heterocycles. The third-order valence-corrected chi connectivity index (χ3v) is 4.11. The third-order valence-electron chi connectivity index (χ3n) is 4.11. The van der Waals surface area contributed by atoms with Gasteiger partial charge in [0.15, 0.2) is 0 Å². The van der Waals surface area contributed by atoms with Crippen LogP contribution < -0.4 is 10.6 Å². The van der Waals surface area contributed by atoms with Gasteiger partial charge in [-0.2, -0.15) is 0 Å². The van der Waals surface area contributed by atoms with Gasteiger partial charge >= 0.3 is 0 Å². The third kappa shape index (κ3) is 1.42. The van der Waals surface area contributed by atoms with Crippen molar-refractivity contribution in [2.75, 3.05) is 11.4 Å². The lowest BCUT2D eigenvalue weighted by molar-refractivity contribution is 0.435. The second-order valence-corrected chi connectivity index (χ2v) is 4.91. The van der Waals surface area contributed by atoms with Crippen LogP contribution in [0.1, 0.15) is 19.3 Å². The standard InChI is InChI=1S/C13H17FN2/c14-10-2-5-11(6-3-10)16-12-4-1-9(7-12)13(16)8-15/h2-3,5-6,9,12-13H,1,4,7-8,15H2. The fourth-order valence-corrected chi connectivity index (χ4v) is 3.41. The fraction of sp³-hybridized carbons (Fsp3) is 0.538. The minimum Gasteiger partial charge on any atom is -0.364 e. The summed E-state index contributed by atoms with van der Waals surface area (Å²) in [5.74, 6) is 0.581. The van der Waals surface area contributed by atoms with Crippen molar-refractivity contribution in [3.63, 3.8) is 0 Å². The summed E-state index contributed by atoms with van der Waals surface area (Å²) < 4.78 is 12.9. The Morgan fingerprint density at radius 1 is 1.25 bits per heavy atom. The minimum atomic E-state index is -0.169. The summed E-state index contributed by atoms with van der Waals surface area (Å²) in [7, 11) is 0. The highest BCUT2D eigenvalue weighted by molar-refractivity contribution is 5.51. The quantitative estimate of drug-likeness (QED) is 0.827. The van der Waals surface area contributed by atoms with Crippen molar-refractivity contribution in [1.82, 2.24) is 0 Å². The van der Waals surface area contributed by atoms with E-state index in [2.05, 4.69) is 4.90 Å². The maximum atomic E-state index is 12.9. The number of anilines is 1. The number of rotatable bonds is 2. The number of hydrogen-bond donors (Lipinski definition) is 1. The molecule has 1 aliphatic carbocycles. The van der Waals surface area contributed by atoms with Crippen LogP contribution in [0.15, 0.2) is 24.3 Å². The number of benzene rings is 1. The molecule has 86 valence electrons. The van der Waals surface area contributed by atoms with E-state index in [0.717, 1.165) is 11.6 Å². The maximum absolute atomic E-state index is 12.9. The molecular weight excluding hydrogens is 203 g/mol. The van der Waals surface area contributed by atoms with Gasteiger partial charge in [-0.3, -0.25) is 0 Å². The summed E-state index contributed by atoms with van der Waals surface area (Å²) in [5, 5.41) is 0. The van der Waals surface area contributed by atoms with Gasteiger partial charge in [0.05, 0.1) is 0 Å². The first-order chi connectivity index (χ1) is 7.79. The molecule has 2 fully saturated rings. The molecule has 1 aliphatic heterocycles. The van der Waals surface area contributed by atoms with E-state index in [1.165, 1.54) is 31.4 Å². The van der Waals surface area contributed by atoms with Gasteiger partial charge in [0.1, 0.15) is 5.82 Å². The van der Waals surface area contributed by atoms with E-state index in [4.69, 9.17) is 5.73 Å². The Morgan fingerprint density at radius 2 is 2.00 bits per heavy atom. The molecule has 2 bridgehead atoms. The van der Waals surface area contributed by atoms with Gasteiger partial charge in [-0.25, -0.2) is 4.39 Å². The number of hydrogen-bond acceptors (Lipinski definition) is 2. The number of nitrogens with two attached hydrogens (primary N) is 1. The van der Waals surface area contributed by atoms with Crippen LogP contribution in [0.4, 0.5) is 10.1 Å². The molecule has 2 nitrogen and oxygen atoms in total. The molecule has 0 amide bonds. The average molecular weight is 220 g/mol. The summed E-state index contributed by atoms with van der Waals surface area (Å²) in [6, 6.07) is 7.91. The zero-order valence-electron chi connectivity index (χ0n) is 9.27. The van der Waals surface area contributed by atoms with E-state index in [1.807, 2.05) is 12.1 Å². The summed E-state index contributed by atoms with van der Waals surface area (Å²) in [6.45, 7) is 0.707. The second kappa shape index (κ2) is 3.74. The lowest BCUT2D eigenvalue weighted by Gasteiger charge is -2.36. The van der Waals surface area contributed by atoms with Crippen molar-refractivity contribution in [3.05, 3.63) is 30.1 Å². The Hall–Kier alpha value is -1.09. The summed E-state index contributed by atoms with van der Waals surface area (Å²) in [6.07, 6.45) is 3.84. The van der Waals surface area contributed by atoms with Gasteiger partial charge in [0.25, 0.3) is 0 Å². The van der Waals surface area contributed by atoms with Crippen LogP contribution in [0.5, 0.6) is 0 Å². The van der Waals surface area contributed by atoms with E-state index in [-0.39, 0.29) is 5.82 Å². The first-order valence-electron chi connectivity index (χ1n) is 6.03. The van der Waals surface area contributed by atoms with Gasteiger partial charge < -0.3 is 10.6 Å². The zero-order valence-corrected chi connectivity index (χ0v) is 9.27. The van der Waals surface area contributed by atoms with E-state index in [9.17, 15) is 4.39 Å². The van der Waals surface area contributed by atoms with Crippen LogP contribution in [-0.4, -0.2) is 18.6 Å². The average Bonchev–Trinajstić information content (AvgIpc) is 2.89. The van der Waals surface area contributed by atoms with Crippen LogP contribution in [0.2, 0.25) is 0 Å².